The van der Waals surface area contributed by atoms with Gasteiger partial charge in [0.1, 0.15) is 0 Å². The van der Waals surface area contributed by atoms with E-state index in [1.54, 1.807) is 0 Å². The van der Waals surface area contributed by atoms with Crippen molar-refractivity contribution in [3.63, 3.8) is 0 Å². The quantitative estimate of drug-likeness (QED) is 0.311. The Hall–Kier alpha value is -0.650. The van der Waals surface area contributed by atoms with Crippen LogP contribution in [0.5, 0.6) is 0 Å². The Labute approximate surface area is 205 Å². The number of likely N-dealkylation sites (tertiary alicyclic amines) is 1. The molecule has 8 nitrogen and oxygen atoms in total. The van der Waals surface area contributed by atoms with Gasteiger partial charge in [-0.05, 0) is 18.3 Å². The molecule has 0 aromatic rings. The normalized spacial score (nSPS) is 34.4. The van der Waals surface area contributed by atoms with Gasteiger partial charge in [0.25, 0.3) is 0 Å². The summed E-state index contributed by atoms with van der Waals surface area (Å²) >= 11 is 0. The first kappa shape index (κ1) is 25.0. The van der Waals surface area contributed by atoms with Crippen LogP contribution in [0.25, 0.3) is 0 Å². The van der Waals surface area contributed by atoms with E-state index in [9.17, 15) is 4.79 Å². The van der Waals surface area contributed by atoms with Crippen LogP contribution in [0.3, 0.4) is 0 Å². The molecule has 178 valence electrons. The van der Waals surface area contributed by atoms with Crippen LogP contribution in [0.2, 0.25) is 0 Å². The lowest BCUT2D eigenvalue weighted by Crippen LogP contribution is -2.64. The van der Waals surface area contributed by atoms with Gasteiger partial charge in [-0.2, -0.15) is 0 Å². The van der Waals surface area contributed by atoms with Crippen LogP contribution >= 0.6 is 24.0 Å². The summed E-state index contributed by atoms with van der Waals surface area (Å²) in [4.78, 5) is 29.3. The fourth-order valence-electron chi connectivity index (χ4n) is 5.74. The van der Waals surface area contributed by atoms with Crippen molar-refractivity contribution in [2.75, 3.05) is 92.1 Å². The summed E-state index contributed by atoms with van der Waals surface area (Å²) in [5, 5.41) is 3.62. The molecule has 2 bridgehead atoms. The number of piperidine rings is 1. The summed E-state index contributed by atoms with van der Waals surface area (Å²) < 4.78 is 0. The van der Waals surface area contributed by atoms with E-state index in [0.29, 0.717) is 30.3 Å². The van der Waals surface area contributed by atoms with Crippen molar-refractivity contribution < 1.29 is 4.79 Å². The van der Waals surface area contributed by atoms with E-state index in [-0.39, 0.29) is 24.0 Å². The zero-order chi connectivity index (χ0) is 21.1. The van der Waals surface area contributed by atoms with Crippen LogP contribution in [-0.2, 0) is 4.79 Å². The van der Waals surface area contributed by atoms with Crippen molar-refractivity contribution in [2.24, 2.45) is 16.8 Å². The highest BCUT2D eigenvalue weighted by Gasteiger charge is 2.32. The van der Waals surface area contributed by atoms with Crippen LogP contribution in [0.15, 0.2) is 4.99 Å². The summed E-state index contributed by atoms with van der Waals surface area (Å²) in [6, 6.07) is 0.595. The van der Waals surface area contributed by atoms with Gasteiger partial charge in [-0.3, -0.25) is 24.5 Å². The van der Waals surface area contributed by atoms with E-state index in [1.807, 2.05) is 7.05 Å². The van der Waals surface area contributed by atoms with Gasteiger partial charge in [0.2, 0.25) is 5.91 Å². The number of guanidine groups is 1. The van der Waals surface area contributed by atoms with E-state index in [1.165, 1.54) is 39.1 Å². The largest absolute Gasteiger partial charge is 0.355 e. The Morgan fingerprint density at radius 3 is 2.10 bits per heavy atom. The lowest BCUT2D eigenvalue weighted by Gasteiger charge is -2.47. The molecule has 0 radical (unpaired) electrons. The lowest BCUT2D eigenvalue weighted by atomic mass is 9.92. The maximum atomic E-state index is 12.8. The van der Waals surface area contributed by atoms with Gasteiger partial charge in [0.15, 0.2) is 5.96 Å². The van der Waals surface area contributed by atoms with Crippen molar-refractivity contribution in [1.82, 2.24) is 29.8 Å². The Morgan fingerprint density at radius 2 is 1.55 bits per heavy atom. The predicted molar refractivity (Wildman–Crippen MR) is 136 cm³/mol. The number of amides is 1. The molecule has 5 saturated heterocycles. The van der Waals surface area contributed by atoms with Crippen LogP contribution in [0, 0.1) is 11.8 Å². The summed E-state index contributed by atoms with van der Waals surface area (Å²) in [5.41, 5.74) is 0. The Balaban J connectivity index is 0.00000272. The van der Waals surface area contributed by atoms with Gasteiger partial charge >= 0.3 is 0 Å². The molecule has 0 spiro atoms. The van der Waals surface area contributed by atoms with E-state index in [4.69, 9.17) is 0 Å². The maximum Gasteiger partial charge on any atom is 0.236 e. The van der Waals surface area contributed by atoms with Crippen molar-refractivity contribution in [3.8, 4) is 0 Å². The number of piperazine rings is 4. The second kappa shape index (κ2) is 11.5. The molecule has 0 aromatic heterocycles. The van der Waals surface area contributed by atoms with E-state index in [2.05, 4.69) is 48.7 Å². The fraction of sp³-hybridized carbons (Fsp3) is 0.909. The summed E-state index contributed by atoms with van der Waals surface area (Å²) in [5.74, 6) is 2.56. The molecule has 3 unspecified atom stereocenters. The molecule has 5 aliphatic heterocycles. The molecule has 0 aliphatic carbocycles. The highest BCUT2D eigenvalue weighted by Crippen LogP contribution is 2.21. The molecule has 9 heteroatoms. The zero-order valence-corrected chi connectivity index (χ0v) is 22.0. The highest BCUT2D eigenvalue weighted by atomic mass is 127. The van der Waals surface area contributed by atoms with Crippen molar-refractivity contribution >= 4 is 35.8 Å². The minimum absolute atomic E-state index is 0. The summed E-state index contributed by atoms with van der Waals surface area (Å²) in [6.45, 7) is 17.6. The minimum Gasteiger partial charge on any atom is -0.355 e. The van der Waals surface area contributed by atoms with Gasteiger partial charge < -0.3 is 15.1 Å². The van der Waals surface area contributed by atoms with Crippen LogP contribution in [0.1, 0.15) is 20.3 Å². The topological polar surface area (TPSA) is 57.7 Å². The minimum atomic E-state index is 0. The number of rotatable bonds is 4. The molecule has 3 atom stereocenters. The smallest absolute Gasteiger partial charge is 0.236 e. The van der Waals surface area contributed by atoms with E-state index < -0.39 is 0 Å². The SMILES string of the molecule is CN=C(NCC1CN2CCN1CC2)N1CCN(CC(=O)N2CC(C)CC(C)C2)CC1.I. The highest BCUT2D eigenvalue weighted by molar-refractivity contribution is 14.0. The molecular formula is C22H42IN7O. The summed E-state index contributed by atoms with van der Waals surface area (Å²) in [6.07, 6.45) is 1.24. The average molecular weight is 548 g/mol. The number of carbonyl (C=O) groups is 1. The van der Waals surface area contributed by atoms with Gasteiger partial charge in [-0.1, -0.05) is 13.8 Å². The number of hydrogen-bond acceptors (Lipinski definition) is 5. The monoisotopic (exact) mass is 547 g/mol. The second-order valence-electron chi connectivity index (χ2n) is 9.93. The Morgan fingerprint density at radius 1 is 0.903 bits per heavy atom. The third-order valence-corrected chi connectivity index (χ3v) is 7.35. The first-order valence-corrected chi connectivity index (χ1v) is 11.9. The van der Waals surface area contributed by atoms with Crippen LogP contribution < -0.4 is 5.32 Å². The third kappa shape index (κ3) is 6.45. The van der Waals surface area contributed by atoms with Gasteiger partial charge in [-0.25, -0.2) is 0 Å². The number of halogens is 1. The number of nitrogens with zero attached hydrogens (tertiary/aromatic N) is 6. The predicted octanol–water partition coefficient (Wildman–Crippen LogP) is 0.302. The Bertz CT molecular complexity index is 607. The molecule has 5 rings (SSSR count). The van der Waals surface area contributed by atoms with Crippen LogP contribution in [-0.4, -0.2) is 135 Å². The number of carbonyl (C=O) groups excluding carboxylic acids is 1. The van der Waals surface area contributed by atoms with E-state index >= 15 is 0 Å². The van der Waals surface area contributed by atoms with Crippen molar-refractivity contribution in [1.29, 1.82) is 0 Å². The molecule has 5 aliphatic rings. The number of aliphatic imine (C=N–C) groups is 1. The first-order chi connectivity index (χ1) is 14.5. The first-order valence-electron chi connectivity index (χ1n) is 11.9. The van der Waals surface area contributed by atoms with Gasteiger partial charge in [0.05, 0.1) is 6.54 Å². The lowest BCUT2D eigenvalue weighted by molar-refractivity contribution is -0.135. The number of fused-ring (bicyclic) bond motifs is 3. The van der Waals surface area contributed by atoms with E-state index in [0.717, 1.165) is 51.8 Å². The molecule has 1 N–H and O–H groups in total. The molecular weight excluding hydrogens is 505 g/mol. The Kier molecular flexibility index (Phi) is 9.24. The van der Waals surface area contributed by atoms with Crippen LogP contribution in [0.4, 0.5) is 0 Å². The standard InChI is InChI=1S/C22H41N7O.HI/c1-18-12-19(2)15-29(14-18)21(30)17-26-6-10-28(11-7-26)22(23-3)24-13-20-16-25-4-8-27(20)9-5-25;/h18-20H,4-17H2,1-3H3,(H,23,24);1H. The maximum absolute atomic E-state index is 12.8. The molecule has 5 heterocycles. The molecule has 5 fully saturated rings. The average Bonchev–Trinajstić information content (AvgIpc) is 2.75. The van der Waals surface area contributed by atoms with Gasteiger partial charge in [-0.15, -0.1) is 24.0 Å². The molecule has 0 aromatic carbocycles. The van der Waals surface area contributed by atoms with Crippen molar-refractivity contribution in [3.05, 3.63) is 0 Å². The van der Waals surface area contributed by atoms with Gasteiger partial charge in [0, 0.05) is 91.6 Å². The van der Waals surface area contributed by atoms with Crippen molar-refractivity contribution in [2.45, 2.75) is 26.3 Å². The molecule has 1 amide bonds. The molecule has 31 heavy (non-hydrogen) atoms. The summed E-state index contributed by atoms with van der Waals surface area (Å²) in [7, 11) is 1.88. The fourth-order valence-corrected chi connectivity index (χ4v) is 5.74. The molecule has 0 saturated carbocycles. The number of nitrogens with one attached hydrogen (secondary N) is 1. The zero-order valence-electron chi connectivity index (χ0n) is 19.6. The second-order valence-corrected chi connectivity index (χ2v) is 9.93. The third-order valence-electron chi connectivity index (χ3n) is 7.35. The number of hydrogen-bond donors (Lipinski definition) is 1.